The molecule has 15 heavy (non-hydrogen) atoms. The number of carboxylic acids is 1. The normalized spacial score (nSPS) is 15.9. The van der Waals surface area contributed by atoms with Crippen LogP contribution in [0.15, 0.2) is 30.5 Å². The van der Waals surface area contributed by atoms with Gasteiger partial charge in [0, 0.05) is 24.9 Å². The third-order valence-electron chi connectivity index (χ3n) is 2.27. The number of fused-ring (bicyclic) bond motifs is 1. The first kappa shape index (κ1) is 8.49. The smallest absolute Gasteiger partial charge is 0.320 e. The highest BCUT2D eigenvalue weighted by molar-refractivity contribution is 5.84. The van der Waals surface area contributed by atoms with Gasteiger partial charge >= 0.3 is 5.97 Å². The van der Waals surface area contributed by atoms with Gasteiger partial charge in [0.2, 0.25) is 0 Å². The van der Waals surface area contributed by atoms with Crippen LogP contribution in [0.2, 0.25) is 0 Å². The quantitative estimate of drug-likeness (QED) is 0.702. The lowest BCUT2D eigenvalue weighted by molar-refractivity contribution is -0.138. The zero-order valence-corrected chi connectivity index (χ0v) is 7.97. The number of carboxylic acid groups (broad SMARTS) is 1. The molecule has 0 unspecified atom stereocenters. The van der Waals surface area contributed by atoms with Gasteiger partial charge in [-0.15, -0.1) is 0 Å². The number of benzene rings is 1. The molecule has 1 heterocycles. The van der Waals surface area contributed by atoms with Crippen molar-refractivity contribution in [2.75, 3.05) is 0 Å². The molecule has 0 radical (unpaired) electrons. The van der Waals surface area contributed by atoms with Crippen molar-refractivity contribution in [1.29, 1.82) is 0 Å². The molecule has 2 rings (SSSR count). The Morgan fingerprint density at radius 3 is 3.07 bits per heavy atom. The van der Waals surface area contributed by atoms with Gasteiger partial charge in [-0.25, -0.2) is 0 Å². The van der Waals surface area contributed by atoms with Crippen molar-refractivity contribution in [3.8, 4) is 0 Å². The second-order valence-corrected chi connectivity index (χ2v) is 3.32. The molecule has 0 fully saturated rings. The number of H-pyrrole nitrogens is 1. The molecule has 0 saturated heterocycles. The first-order valence-corrected chi connectivity index (χ1v) is 4.58. The standard InChI is InChI=1S/C11H12N2O2/c12-9(11(14)15)5-7-6-13-10-4-2-1-3-8(7)10/h1-4,6,9,13H,5,12H2,(H,14,15)/t9-/m0/s1/i5D/t5-,9+/m1. The molecule has 0 aliphatic rings. The average molecular weight is 205 g/mol. The fourth-order valence-electron chi connectivity index (χ4n) is 1.50. The molecule has 1 aromatic carbocycles. The van der Waals surface area contributed by atoms with Crippen LogP contribution in [0, 0.1) is 0 Å². The number of carbonyl (C=O) groups is 1. The highest BCUT2D eigenvalue weighted by Crippen LogP contribution is 2.18. The molecule has 4 heteroatoms. The zero-order chi connectivity index (χ0) is 11.7. The molecule has 0 saturated carbocycles. The van der Waals surface area contributed by atoms with Crippen LogP contribution in [0.1, 0.15) is 6.93 Å². The number of para-hydroxylation sites is 1. The molecule has 78 valence electrons. The van der Waals surface area contributed by atoms with E-state index in [9.17, 15) is 4.79 Å². The number of hydrogen-bond donors (Lipinski definition) is 3. The van der Waals surface area contributed by atoms with Gasteiger partial charge in [-0.3, -0.25) is 4.79 Å². The fraction of sp³-hybridized carbons (Fsp3) is 0.182. The summed E-state index contributed by atoms with van der Waals surface area (Å²) in [6.45, 7) is 0. The Morgan fingerprint density at radius 1 is 1.60 bits per heavy atom. The molecule has 0 spiro atoms. The summed E-state index contributed by atoms with van der Waals surface area (Å²) in [7, 11) is 0. The maximum absolute atomic E-state index is 10.7. The summed E-state index contributed by atoms with van der Waals surface area (Å²) in [5, 5.41) is 9.61. The summed E-state index contributed by atoms with van der Waals surface area (Å²) in [6.07, 6.45) is 0.680. The number of aliphatic carboxylic acids is 1. The molecule has 0 aliphatic carbocycles. The minimum atomic E-state index is -1.21. The highest BCUT2D eigenvalue weighted by Gasteiger charge is 2.14. The lowest BCUT2D eigenvalue weighted by atomic mass is 10.1. The number of hydrogen-bond acceptors (Lipinski definition) is 2. The summed E-state index contributed by atoms with van der Waals surface area (Å²) >= 11 is 0. The molecule has 2 aromatic rings. The van der Waals surface area contributed by atoms with E-state index >= 15 is 0 Å². The summed E-state index contributed by atoms with van der Waals surface area (Å²) < 4.78 is 7.82. The van der Waals surface area contributed by atoms with Gasteiger partial charge in [0.05, 0.1) is 0 Å². The predicted molar refractivity (Wildman–Crippen MR) is 57.6 cm³/mol. The third-order valence-corrected chi connectivity index (χ3v) is 2.27. The summed E-state index contributed by atoms with van der Waals surface area (Å²) in [5.41, 5.74) is 6.94. The van der Waals surface area contributed by atoms with E-state index < -0.39 is 18.4 Å². The molecule has 2 atom stereocenters. The Bertz CT molecular complexity index is 523. The maximum Gasteiger partial charge on any atom is 0.320 e. The Balaban J connectivity index is 2.44. The summed E-state index contributed by atoms with van der Waals surface area (Å²) in [4.78, 5) is 13.7. The van der Waals surface area contributed by atoms with Gasteiger partial charge in [-0.1, -0.05) is 18.2 Å². The molecule has 4 nitrogen and oxygen atoms in total. The molecular weight excluding hydrogens is 192 g/mol. The van der Waals surface area contributed by atoms with E-state index in [0.717, 1.165) is 10.9 Å². The maximum atomic E-state index is 10.7. The topological polar surface area (TPSA) is 79.1 Å². The zero-order valence-electron chi connectivity index (χ0n) is 8.97. The molecule has 0 amide bonds. The van der Waals surface area contributed by atoms with E-state index in [0.29, 0.717) is 5.56 Å². The van der Waals surface area contributed by atoms with Crippen LogP contribution in [0.25, 0.3) is 10.9 Å². The van der Waals surface area contributed by atoms with Crippen molar-refractivity contribution in [2.45, 2.75) is 12.4 Å². The minimum Gasteiger partial charge on any atom is -0.480 e. The third kappa shape index (κ3) is 1.85. The van der Waals surface area contributed by atoms with Crippen molar-refractivity contribution >= 4 is 16.9 Å². The second-order valence-electron chi connectivity index (χ2n) is 3.32. The van der Waals surface area contributed by atoms with Crippen molar-refractivity contribution in [2.24, 2.45) is 5.73 Å². The van der Waals surface area contributed by atoms with Crippen molar-refractivity contribution in [3.63, 3.8) is 0 Å². The van der Waals surface area contributed by atoms with Gasteiger partial charge in [-0.2, -0.15) is 0 Å². The summed E-state index contributed by atoms with van der Waals surface area (Å²) in [6, 6.07) is 6.23. The minimum absolute atomic E-state index is 0.616. The lowest BCUT2D eigenvalue weighted by Crippen LogP contribution is -2.32. The van der Waals surface area contributed by atoms with E-state index in [1.54, 1.807) is 6.20 Å². The predicted octanol–water partition coefficient (Wildman–Crippen LogP) is 1.12. The number of rotatable bonds is 3. The number of nitrogens with two attached hydrogens (primary N) is 1. The second kappa shape index (κ2) is 3.74. The van der Waals surface area contributed by atoms with E-state index in [1.807, 2.05) is 24.3 Å². The summed E-state index contributed by atoms with van der Waals surface area (Å²) in [5.74, 6) is -1.16. The number of aromatic nitrogens is 1. The van der Waals surface area contributed by atoms with Crippen molar-refractivity contribution < 1.29 is 11.3 Å². The van der Waals surface area contributed by atoms with E-state index in [-0.39, 0.29) is 0 Å². The van der Waals surface area contributed by atoms with Crippen LogP contribution in [-0.4, -0.2) is 22.1 Å². The van der Waals surface area contributed by atoms with E-state index in [1.165, 1.54) is 0 Å². The van der Waals surface area contributed by atoms with Crippen LogP contribution in [-0.2, 0) is 11.2 Å². The Kier molecular flexibility index (Phi) is 2.12. The van der Waals surface area contributed by atoms with Gasteiger partial charge in [0.15, 0.2) is 0 Å². The molecule has 0 bridgehead atoms. The Morgan fingerprint density at radius 2 is 2.33 bits per heavy atom. The van der Waals surface area contributed by atoms with Crippen LogP contribution < -0.4 is 5.73 Å². The lowest BCUT2D eigenvalue weighted by Gasteiger charge is -2.04. The van der Waals surface area contributed by atoms with Crippen molar-refractivity contribution in [1.82, 2.24) is 4.98 Å². The number of aromatic amines is 1. The van der Waals surface area contributed by atoms with Gasteiger partial charge in [0.1, 0.15) is 6.04 Å². The van der Waals surface area contributed by atoms with Gasteiger partial charge in [0.25, 0.3) is 0 Å². The number of nitrogens with one attached hydrogen (secondary N) is 1. The van der Waals surface area contributed by atoms with E-state index in [4.69, 9.17) is 12.2 Å². The molecular formula is C11H12N2O2. The van der Waals surface area contributed by atoms with Crippen LogP contribution in [0.3, 0.4) is 0 Å². The van der Waals surface area contributed by atoms with Crippen LogP contribution >= 0.6 is 0 Å². The fourth-order valence-corrected chi connectivity index (χ4v) is 1.50. The van der Waals surface area contributed by atoms with Gasteiger partial charge < -0.3 is 15.8 Å². The van der Waals surface area contributed by atoms with Crippen LogP contribution in [0.4, 0.5) is 0 Å². The average Bonchev–Trinajstić information content (AvgIpc) is 2.70. The first-order valence-electron chi connectivity index (χ1n) is 5.15. The van der Waals surface area contributed by atoms with Crippen molar-refractivity contribution in [3.05, 3.63) is 36.0 Å². The SMILES string of the molecule is [2H][C@H](c1c[nH]c2ccccc12)[C@H](N)C(=O)O. The Hall–Kier alpha value is -1.81. The van der Waals surface area contributed by atoms with Crippen LogP contribution in [0.5, 0.6) is 0 Å². The Labute approximate surface area is 88.1 Å². The molecule has 1 aromatic heterocycles. The largest absolute Gasteiger partial charge is 0.480 e. The van der Waals surface area contributed by atoms with Gasteiger partial charge in [-0.05, 0) is 11.6 Å². The first-order chi connectivity index (χ1) is 7.61. The molecule has 4 N–H and O–H groups in total. The monoisotopic (exact) mass is 205 g/mol. The highest BCUT2D eigenvalue weighted by atomic mass is 16.4. The van der Waals surface area contributed by atoms with E-state index in [2.05, 4.69) is 4.98 Å². The molecule has 0 aliphatic heterocycles.